The van der Waals surface area contributed by atoms with Crippen LogP contribution in [0.4, 0.5) is 11.5 Å². The predicted octanol–water partition coefficient (Wildman–Crippen LogP) is 3.27. The van der Waals surface area contributed by atoms with Crippen molar-refractivity contribution in [3.05, 3.63) is 47.9 Å². The second-order valence-electron chi connectivity index (χ2n) is 6.25. The number of rotatable bonds is 3. The smallest absolute Gasteiger partial charge is 0.275 e. The van der Waals surface area contributed by atoms with Gasteiger partial charge in [-0.05, 0) is 37.8 Å². The monoisotopic (exact) mass is 310 g/mol. The Hall–Kier alpha value is -2.43. The molecule has 2 aromatic rings. The topological polar surface area (TPSA) is 58.1 Å². The molecule has 2 heterocycles. The second kappa shape index (κ2) is 6.77. The van der Waals surface area contributed by atoms with Crippen LogP contribution in [0.2, 0.25) is 0 Å². The van der Waals surface area contributed by atoms with Gasteiger partial charge in [-0.2, -0.15) is 0 Å². The second-order valence-corrected chi connectivity index (χ2v) is 6.25. The average Bonchev–Trinajstić information content (AvgIpc) is 2.58. The molecular weight excluding hydrogens is 288 g/mol. The Labute approximate surface area is 136 Å². The van der Waals surface area contributed by atoms with Gasteiger partial charge in [0, 0.05) is 18.8 Å². The summed E-state index contributed by atoms with van der Waals surface area (Å²) in [6, 6.07) is 7.68. The Kier molecular flexibility index (Phi) is 4.55. The van der Waals surface area contributed by atoms with Gasteiger partial charge in [0.1, 0.15) is 11.5 Å². The zero-order valence-electron chi connectivity index (χ0n) is 13.6. The van der Waals surface area contributed by atoms with Crippen molar-refractivity contribution in [3.8, 4) is 0 Å². The zero-order chi connectivity index (χ0) is 16.2. The summed E-state index contributed by atoms with van der Waals surface area (Å²) in [5, 5.41) is 2.84. The van der Waals surface area contributed by atoms with E-state index in [9.17, 15) is 4.79 Å². The van der Waals surface area contributed by atoms with E-state index in [0.717, 1.165) is 36.1 Å². The number of nitrogens with one attached hydrogen (secondary N) is 1. The molecule has 1 amide bonds. The molecule has 0 spiro atoms. The lowest BCUT2D eigenvalue weighted by Crippen LogP contribution is -2.33. The van der Waals surface area contributed by atoms with E-state index in [2.05, 4.69) is 27.1 Å². The maximum absolute atomic E-state index is 12.2. The van der Waals surface area contributed by atoms with E-state index in [4.69, 9.17) is 0 Å². The number of amides is 1. The molecule has 0 radical (unpaired) electrons. The molecule has 0 saturated carbocycles. The number of carbonyl (C=O) groups is 1. The van der Waals surface area contributed by atoms with Gasteiger partial charge in [-0.3, -0.25) is 4.79 Å². The molecule has 1 N–H and O–H groups in total. The molecule has 120 valence electrons. The lowest BCUT2D eigenvalue weighted by atomic mass is 9.99. The lowest BCUT2D eigenvalue weighted by Gasteiger charge is -2.30. The van der Waals surface area contributed by atoms with Crippen molar-refractivity contribution in [1.82, 2.24) is 9.97 Å². The number of aryl methyl sites for hydroxylation is 1. The normalized spacial score (nSPS) is 15.5. The molecule has 3 rings (SSSR count). The first-order chi connectivity index (χ1) is 11.1. The highest BCUT2D eigenvalue weighted by atomic mass is 16.1. The Bertz CT molecular complexity index is 658. The van der Waals surface area contributed by atoms with Crippen molar-refractivity contribution in [2.24, 2.45) is 5.92 Å². The fraction of sp³-hybridized carbons (Fsp3) is 0.389. The van der Waals surface area contributed by atoms with Crippen LogP contribution in [-0.4, -0.2) is 29.0 Å². The number of hydrogen-bond acceptors (Lipinski definition) is 4. The van der Waals surface area contributed by atoms with E-state index in [0.29, 0.717) is 5.69 Å². The molecule has 0 unspecified atom stereocenters. The van der Waals surface area contributed by atoms with Crippen molar-refractivity contribution >= 4 is 17.4 Å². The summed E-state index contributed by atoms with van der Waals surface area (Å²) in [6.07, 6.45) is 5.60. The number of anilines is 2. The van der Waals surface area contributed by atoms with Crippen molar-refractivity contribution in [3.63, 3.8) is 0 Å². The first-order valence-electron chi connectivity index (χ1n) is 8.07. The van der Waals surface area contributed by atoms with Crippen LogP contribution in [0, 0.1) is 12.8 Å². The largest absolute Gasteiger partial charge is 0.355 e. The maximum atomic E-state index is 12.2. The molecule has 1 saturated heterocycles. The molecule has 1 aromatic carbocycles. The quantitative estimate of drug-likeness (QED) is 0.945. The third kappa shape index (κ3) is 3.86. The van der Waals surface area contributed by atoms with Crippen LogP contribution < -0.4 is 10.2 Å². The Morgan fingerprint density at radius 2 is 1.83 bits per heavy atom. The Morgan fingerprint density at radius 3 is 2.43 bits per heavy atom. The van der Waals surface area contributed by atoms with E-state index in [1.807, 2.05) is 31.2 Å². The summed E-state index contributed by atoms with van der Waals surface area (Å²) in [7, 11) is 0. The maximum Gasteiger partial charge on any atom is 0.275 e. The molecule has 0 atom stereocenters. The summed E-state index contributed by atoms with van der Waals surface area (Å²) < 4.78 is 0. The van der Waals surface area contributed by atoms with Crippen LogP contribution >= 0.6 is 0 Å². The molecule has 0 bridgehead atoms. The van der Waals surface area contributed by atoms with Gasteiger partial charge in [-0.1, -0.05) is 24.6 Å². The molecule has 0 aliphatic carbocycles. The van der Waals surface area contributed by atoms with Gasteiger partial charge >= 0.3 is 0 Å². The highest BCUT2D eigenvalue weighted by Crippen LogP contribution is 2.20. The van der Waals surface area contributed by atoms with Gasteiger partial charge in [-0.25, -0.2) is 9.97 Å². The third-order valence-electron chi connectivity index (χ3n) is 4.29. The van der Waals surface area contributed by atoms with Gasteiger partial charge in [-0.15, -0.1) is 0 Å². The highest BCUT2D eigenvalue weighted by molar-refractivity contribution is 6.02. The predicted molar refractivity (Wildman–Crippen MR) is 91.8 cm³/mol. The minimum absolute atomic E-state index is 0.236. The zero-order valence-corrected chi connectivity index (χ0v) is 13.6. The van der Waals surface area contributed by atoms with Crippen molar-refractivity contribution in [1.29, 1.82) is 0 Å². The molecule has 5 nitrogen and oxygen atoms in total. The molecule has 5 heteroatoms. The van der Waals surface area contributed by atoms with Crippen LogP contribution in [-0.2, 0) is 0 Å². The highest BCUT2D eigenvalue weighted by Gasteiger charge is 2.17. The number of nitrogens with zero attached hydrogens (tertiary/aromatic N) is 3. The van der Waals surface area contributed by atoms with Gasteiger partial charge in [0.15, 0.2) is 0 Å². The van der Waals surface area contributed by atoms with E-state index in [1.165, 1.54) is 12.8 Å². The molecule has 23 heavy (non-hydrogen) atoms. The standard InChI is InChI=1S/C18H22N4O/c1-13-3-5-15(6-4-13)21-18(23)16-11-20-17(12-19-16)22-9-7-14(2)8-10-22/h3-6,11-12,14H,7-10H2,1-2H3,(H,21,23). The molecular formula is C18H22N4O. The van der Waals surface area contributed by atoms with Crippen molar-refractivity contribution < 1.29 is 4.79 Å². The fourth-order valence-corrected chi connectivity index (χ4v) is 2.67. The molecule has 1 aliphatic heterocycles. The average molecular weight is 310 g/mol. The number of hydrogen-bond donors (Lipinski definition) is 1. The van der Waals surface area contributed by atoms with Crippen LogP contribution in [0.1, 0.15) is 35.8 Å². The first-order valence-corrected chi connectivity index (χ1v) is 8.07. The first kappa shape index (κ1) is 15.5. The van der Waals surface area contributed by atoms with Crippen LogP contribution in [0.5, 0.6) is 0 Å². The number of piperidine rings is 1. The summed E-state index contributed by atoms with van der Waals surface area (Å²) in [6.45, 7) is 6.30. The lowest BCUT2D eigenvalue weighted by molar-refractivity contribution is 0.102. The van der Waals surface area contributed by atoms with E-state index in [-0.39, 0.29) is 5.91 Å². The van der Waals surface area contributed by atoms with Crippen LogP contribution in [0.15, 0.2) is 36.7 Å². The summed E-state index contributed by atoms with van der Waals surface area (Å²) in [5.41, 5.74) is 2.25. The van der Waals surface area contributed by atoms with Crippen molar-refractivity contribution in [2.45, 2.75) is 26.7 Å². The molecule has 1 fully saturated rings. The summed E-state index contributed by atoms with van der Waals surface area (Å²) in [4.78, 5) is 23.1. The molecule has 1 aromatic heterocycles. The number of aromatic nitrogens is 2. The van der Waals surface area contributed by atoms with E-state index in [1.54, 1.807) is 12.4 Å². The van der Waals surface area contributed by atoms with Gasteiger partial charge < -0.3 is 10.2 Å². The third-order valence-corrected chi connectivity index (χ3v) is 4.29. The Balaban J connectivity index is 1.64. The fourth-order valence-electron chi connectivity index (χ4n) is 2.67. The summed E-state index contributed by atoms with van der Waals surface area (Å²) >= 11 is 0. The van der Waals surface area contributed by atoms with Crippen LogP contribution in [0.25, 0.3) is 0 Å². The number of carbonyl (C=O) groups excluding carboxylic acids is 1. The van der Waals surface area contributed by atoms with Gasteiger partial charge in [0.05, 0.1) is 12.4 Å². The van der Waals surface area contributed by atoms with E-state index < -0.39 is 0 Å². The minimum atomic E-state index is -0.236. The number of benzene rings is 1. The SMILES string of the molecule is Cc1ccc(NC(=O)c2cnc(N3CCC(C)CC3)cn2)cc1. The molecule has 1 aliphatic rings. The van der Waals surface area contributed by atoms with Crippen LogP contribution in [0.3, 0.4) is 0 Å². The van der Waals surface area contributed by atoms with Gasteiger partial charge in [0.2, 0.25) is 0 Å². The minimum Gasteiger partial charge on any atom is -0.355 e. The van der Waals surface area contributed by atoms with E-state index >= 15 is 0 Å². The van der Waals surface area contributed by atoms with Crippen molar-refractivity contribution in [2.75, 3.05) is 23.3 Å². The van der Waals surface area contributed by atoms with Gasteiger partial charge in [0.25, 0.3) is 5.91 Å². The summed E-state index contributed by atoms with van der Waals surface area (Å²) in [5.74, 6) is 1.39. The Morgan fingerprint density at radius 1 is 1.13 bits per heavy atom.